The van der Waals surface area contributed by atoms with Gasteiger partial charge in [0.1, 0.15) is 0 Å². The summed E-state index contributed by atoms with van der Waals surface area (Å²) in [5, 5.41) is 3.11. The van der Waals surface area contributed by atoms with E-state index in [4.69, 9.17) is 5.73 Å². The molecule has 0 aliphatic carbocycles. The van der Waals surface area contributed by atoms with Crippen molar-refractivity contribution in [3.05, 3.63) is 46.0 Å². The van der Waals surface area contributed by atoms with Crippen LogP contribution >= 0.6 is 11.3 Å². The SMILES string of the molecule is Cc1cc(C)c(CN=C(N)N2CCN(c3nccs3)CC2)c(C)c1. The summed E-state index contributed by atoms with van der Waals surface area (Å²) in [6, 6.07) is 4.42. The third-order valence-electron chi connectivity index (χ3n) is 4.53. The molecule has 24 heavy (non-hydrogen) atoms. The van der Waals surface area contributed by atoms with Crippen molar-refractivity contribution in [2.75, 3.05) is 31.1 Å². The molecule has 1 aromatic heterocycles. The average Bonchev–Trinajstić information content (AvgIpc) is 3.08. The maximum Gasteiger partial charge on any atom is 0.191 e. The first-order valence-electron chi connectivity index (χ1n) is 8.30. The van der Waals surface area contributed by atoms with Crippen molar-refractivity contribution >= 4 is 22.4 Å². The van der Waals surface area contributed by atoms with E-state index in [1.165, 1.54) is 22.3 Å². The van der Waals surface area contributed by atoms with Crippen molar-refractivity contribution in [1.29, 1.82) is 0 Å². The van der Waals surface area contributed by atoms with Crippen LogP contribution in [0.15, 0.2) is 28.7 Å². The smallest absolute Gasteiger partial charge is 0.191 e. The molecule has 1 aromatic carbocycles. The van der Waals surface area contributed by atoms with Gasteiger partial charge in [0.15, 0.2) is 11.1 Å². The lowest BCUT2D eigenvalue weighted by Gasteiger charge is -2.35. The first kappa shape index (κ1) is 16.8. The van der Waals surface area contributed by atoms with Crippen molar-refractivity contribution in [2.45, 2.75) is 27.3 Å². The zero-order valence-corrected chi connectivity index (χ0v) is 15.4. The zero-order chi connectivity index (χ0) is 17.1. The maximum atomic E-state index is 6.23. The number of aromatic nitrogens is 1. The first-order valence-corrected chi connectivity index (χ1v) is 9.18. The summed E-state index contributed by atoms with van der Waals surface area (Å²) in [7, 11) is 0. The Labute approximate surface area is 147 Å². The molecule has 5 nitrogen and oxygen atoms in total. The van der Waals surface area contributed by atoms with E-state index in [-0.39, 0.29) is 0 Å². The summed E-state index contributed by atoms with van der Waals surface area (Å²) in [5.41, 5.74) is 11.4. The molecule has 2 N–H and O–H groups in total. The van der Waals surface area contributed by atoms with Gasteiger partial charge in [0, 0.05) is 37.8 Å². The number of aryl methyl sites for hydroxylation is 3. The molecule has 0 atom stereocenters. The molecule has 0 spiro atoms. The molecule has 1 fully saturated rings. The van der Waals surface area contributed by atoms with Gasteiger partial charge < -0.3 is 15.5 Å². The number of benzene rings is 1. The van der Waals surface area contributed by atoms with Crippen LogP contribution in [0.3, 0.4) is 0 Å². The van der Waals surface area contributed by atoms with E-state index in [0.717, 1.165) is 31.3 Å². The molecule has 1 aliphatic rings. The topological polar surface area (TPSA) is 57.8 Å². The predicted molar refractivity (Wildman–Crippen MR) is 102 cm³/mol. The minimum Gasteiger partial charge on any atom is -0.370 e. The number of guanidine groups is 1. The normalized spacial score (nSPS) is 15.9. The highest BCUT2D eigenvalue weighted by molar-refractivity contribution is 7.13. The second kappa shape index (κ2) is 7.21. The van der Waals surface area contributed by atoms with Gasteiger partial charge in [-0.15, -0.1) is 11.3 Å². The van der Waals surface area contributed by atoms with Gasteiger partial charge in [0.25, 0.3) is 0 Å². The summed E-state index contributed by atoms with van der Waals surface area (Å²) >= 11 is 1.69. The highest BCUT2D eigenvalue weighted by Gasteiger charge is 2.19. The fourth-order valence-electron chi connectivity index (χ4n) is 3.22. The van der Waals surface area contributed by atoms with Crippen LogP contribution in [0.4, 0.5) is 5.13 Å². The molecule has 0 bridgehead atoms. The number of thiazole rings is 1. The molecule has 1 saturated heterocycles. The number of hydrogen-bond acceptors (Lipinski definition) is 4. The Morgan fingerprint density at radius 1 is 1.17 bits per heavy atom. The first-order chi connectivity index (χ1) is 11.5. The number of rotatable bonds is 3. The lowest BCUT2D eigenvalue weighted by Crippen LogP contribution is -2.51. The number of hydrogen-bond donors (Lipinski definition) is 1. The molecular weight excluding hydrogens is 318 g/mol. The van der Waals surface area contributed by atoms with Gasteiger partial charge in [-0.25, -0.2) is 9.98 Å². The van der Waals surface area contributed by atoms with Gasteiger partial charge in [-0.3, -0.25) is 0 Å². The second-order valence-corrected chi connectivity index (χ2v) is 7.21. The van der Waals surface area contributed by atoms with Crippen LogP contribution in [0.1, 0.15) is 22.3 Å². The summed E-state index contributed by atoms with van der Waals surface area (Å²) < 4.78 is 0. The zero-order valence-electron chi connectivity index (χ0n) is 14.6. The monoisotopic (exact) mass is 343 g/mol. The van der Waals surface area contributed by atoms with Gasteiger partial charge in [-0.1, -0.05) is 17.7 Å². The third-order valence-corrected chi connectivity index (χ3v) is 5.37. The molecule has 0 amide bonds. The highest BCUT2D eigenvalue weighted by Crippen LogP contribution is 2.19. The minimum atomic E-state index is 0.646. The Morgan fingerprint density at radius 3 is 2.42 bits per heavy atom. The Bertz CT molecular complexity index is 692. The van der Waals surface area contributed by atoms with Crippen LogP contribution in [0.5, 0.6) is 0 Å². The average molecular weight is 344 g/mol. The molecule has 0 radical (unpaired) electrons. The van der Waals surface area contributed by atoms with Gasteiger partial charge in [-0.2, -0.15) is 0 Å². The molecule has 6 heteroatoms. The van der Waals surface area contributed by atoms with E-state index in [0.29, 0.717) is 12.5 Å². The van der Waals surface area contributed by atoms with Crippen LogP contribution in [-0.2, 0) is 6.54 Å². The minimum absolute atomic E-state index is 0.646. The molecule has 128 valence electrons. The standard InChI is InChI=1S/C18H25N5S/c1-13-10-14(2)16(15(3)11-13)12-21-17(19)22-5-7-23(8-6-22)18-20-4-9-24-18/h4,9-11H,5-8,12H2,1-3H3,(H2,19,21). The number of piperazine rings is 1. The van der Waals surface area contributed by atoms with E-state index in [1.807, 2.05) is 11.6 Å². The lowest BCUT2D eigenvalue weighted by atomic mass is 10.00. The maximum absolute atomic E-state index is 6.23. The molecular formula is C18H25N5S. The van der Waals surface area contributed by atoms with Crippen molar-refractivity contribution < 1.29 is 0 Å². The Morgan fingerprint density at radius 2 is 1.83 bits per heavy atom. The van der Waals surface area contributed by atoms with Gasteiger partial charge >= 0.3 is 0 Å². The van der Waals surface area contributed by atoms with Gasteiger partial charge in [-0.05, 0) is 37.5 Å². The number of nitrogens with zero attached hydrogens (tertiary/aromatic N) is 4. The van der Waals surface area contributed by atoms with Crippen molar-refractivity contribution in [1.82, 2.24) is 9.88 Å². The van der Waals surface area contributed by atoms with Crippen molar-refractivity contribution in [2.24, 2.45) is 10.7 Å². The molecule has 0 unspecified atom stereocenters. The molecule has 3 rings (SSSR count). The van der Waals surface area contributed by atoms with Crippen LogP contribution < -0.4 is 10.6 Å². The largest absolute Gasteiger partial charge is 0.370 e. The van der Waals surface area contributed by atoms with E-state index < -0.39 is 0 Å². The summed E-state index contributed by atoms with van der Waals surface area (Å²) in [4.78, 5) is 13.5. The molecule has 0 saturated carbocycles. The van der Waals surface area contributed by atoms with Gasteiger partial charge in [0.05, 0.1) is 6.54 Å². The van der Waals surface area contributed by atoms with Crippen LogP contribution in [0, 0.1) is 20.8 Å². The van der Waals surface area contributed by atoms with Crippen LogP contribution in [0.25, 0.3) is 0 Å². The van der Waals surface area contributed by atoms with E-state index in [9.17, 15) is 0 Å². The third kappa shape index (κ3) is 3.70. The highest BCUT2D eigenvalue weighted by atomic mass is 32.1. The second-order valence-electron chi connectivity index (χ2n) is 6.34. The summed E-state index contributed by atoms with van der Waals surface area (Å²) in [5.74, 6) is 0.646. The number of nitrogens with two attached hydrogens (primary N) is 1. The van der Waals surface area contributed by atoms with Crippen molar-refractivity contribution in [3.8, 4) is 0 Å². The van der Waals surface area contributed by atoms with Crippen LogP contribution in [-0.4, -0.2) is 42.0 Å². The Kier molecular flexibility index (Phi) is 5.04. The lowest BCUT2D eigenvalue weighted by molar-refractivity contribution is 0.380. The van der Waals surface area contributed by atoms with Crippen LogP contribution in [0.2, 0.25) is 0 Å². The molecule has 1 aliphatic heterocycles. The molecule has 2 heterocycles. The summed E-state index contributed by atoms with van der Waals surface area (Å²) in [6.45, 7) is 10.7. The van der Waals surface area contributed by atoms with E-state index in [2.05, 4.69) is 52.7 Å². The quantitative estimate of drug-likeness (QED) is 0.688. The fraction of sp³-hybridized carbons (Fsp3) is 0.444. The van der Waals surface area contributed by atoms with Gasteiger partial charge in [0.2, 0.25) is 0 Å². The molecule has 2 aromatic rings. The van der Waals surface area contributed by atoms with Crippen molar-refractivity contribution in [3.63, 3.8) is 0 Å². The van der Waals surface area contributed by atoms with E-state index in [1.54, 1.807) is 11.3 Å². The predicted octanol–water partition coefficient (Wildman–Crippen LogP) is 2.71. The fourth-order valence-corrected chi connectivity index (χ4v) is 3.92. The Hall–Kier alpha value is -2.08. The number of anilines is 1. The number of aliphatic imine (C=N–C) groups is 1. The summed E-state index contributed by atoms with van der Waals surface area (Å²) in [6.07, 6.45) is 1.86. The Balaban J connectivity index is 1.61. The van der Waals surface area contributed by atoms with E-state index >= 15 is 0 Å².